The summed E-state index contributed by atoms with van der Waals surface area (Å²) in [6.45, 7) is 0.447. The predicted octanol–water partition coefficient (Wildman–Crippen LogP) is 2.14. The van der Waals surface area contributed by atoms with E-state index in [2.05, 4.69) is 0 Å². The molecule has 4 nitrogen and oxygen atoms in total. The lowest BCUT2D eigenvalue weighted by Crippen LogP contribution is -2.19. The van der Waals surface area contributed by atoms with Gasteiger partial charge in [0, 0.05) is 18.0 Å². The van der Waals surface area contributed by atoms with Crippen LogP contribution in [0.5, 0.6) is 5.75 Å². The third-order valence-corrected chi connectivity index (χ3v) is 2.88. The molecule has 2 aromatic rings. The topological polar surface area (TPSA) is 57.2 Å². The summed E-state index contributed by atoms with van der Waals surface area (Å²) in [5, 5.41) is 0.526. The van der Waals surface area contributed by atoms with E-state index in [-0.39, 0.29) is 5.56 Å². The molecular weight excluding hydrogens is 252 g/mol. The van der Waals surface area contributed by atoms with Crippen LogP contribution in [0.15, 0.2) is 41.3 Å². The molecule has 0 saturated carbocycles. The number of hydrogen-bond acceptors (Lipinski definition) is 3. The van der Waals surface area contributed by atoms with Crippen LogP contribution in [-0.2, 0) is 6.54 Å². The number of nitrogens with zero attached hydrogens (tertiary/aromatic N) is 1. The number of methoxy groups -OCH3 is 1. The molecule has 0 aliphatic rings. The maximum atomic E-state index is 11.7. The van der Waals surface area contributed by atoms with E-state index in [0.717, 1.165) is 5.56 Å². The number of nitrogen functional groups attached to an aromatic ring is 1. The lowest BCUT2D eigenvalue weighted by atomic mass is 10.2. The molecule has 0 radical (unpaired) electrons. The molecule has 1 aromatic carbocycles. The second-order valence-electron chi connectivity index (χ2n) is 3.90. The van der Waals surface area contributed by atoms with E-state index < -0.39 is 0 Å². The Bertz CT molecular complexity index is 623. The van der Waals surface area contributed by atoms with Gasteiger partial charge in [0.1, 0.15) is 5.75 Å². The molecule has 2 rings (SSSR count). The van der Waals surface area contributed by atoms with Crippen molar-refractivity contribution in [2.75, 3.05) is 12.8 Å². The number of benzene rings is 1. The Morgan fingerprint density at radius 2 is 2.11 bits per heavy atom. The molecule has 0 aliphatic heterocycles. The second-order valence-corrected chi connectivity index (χ2v) is 4.30. The van der Waals surface area contributed by atoms with Crippen molar-refractivity contribution in [3.63, 3.8) is 0 Å². The van der Waals surface area contributed by atoms with Crippen LogP contribution >= 0.6 is 11.6 Å². The molecule has 0 unspecified atom stereocenters. The highest BCUT2D eigenvalue weighted by atomic mass is 35.5. The van der Waals surface area contributed by atoms with Crippen molar-refractivity contribution in [3.8, 4) is 5.75 Å². The van der Waals surface area contributed by atoms with Gasteiger partial charge in [0.25, 0.3) is 5.56 Å². The van der Waals surface area contributed by atoms with Crippen LogP contribution in [0.2, 0.25) is 5.02 Å². The zero-order valence-corrected chi connectivity index (χ0v) is 10.6. The highest BCUT2D eigenvalue weighted by Gasteiger charge is 2.03. The zero-order valence-electron chi connectivity index (χ0n) is 9.89. The van der Waals surface area contributed by atoms with Crippen LogP contribution in [0.3, 0.4) is 0 Å². The molecule has 18 heavy (non-hydrogen) atoms. The lowest BCUT2D eigenvalue weighted by Gasteiger charge is -2.08. The van der Waals surface area contributed by atoms with E-state index in [9.17, 15) is 4.79 Å². The second kappa shape index (κ2) is 5.14. The van der Waals surface area contributed by atoms with Crippen molar-refractivity contribution < 1.29 is 4.74 Å². The van der Waals surface area contributed by atoms with Crippen LogP contribution in [-0.4, -0.2) is 11.7 Å². The highest BCUT2D eigenvalue weighted by molar-refractivity contribution is 6.32. The van der Waals surface area contributed by atoms with Crippen molar-refractivity contribution in [1.82, 2.24) is 4.57 Å². The molecule has 0 amide bonds. The molecule has 2 N–H and O–H groups in total. The molecule has 0 fully saturated rings. The van der Waals surface area contributed by atoms with Crippen LogP contribution in [0.25, 0.3) is 0 Å². The van der Waals surface area contributed by atoms with E-state index in [0.29, 0.717) is 23.0 Å². The van der Waals surface area contributed by atoms with Gasteiger partial charge >= 0.3 is 0 Å². The van der Waals surface area contributed by atoms with Crippen molar-refractivity contribution in [1.29, 1.82) is 0 Å². The molecule has 0 saturated heterocycles. The summed E-state index contributed by atoms with van der Waals surface area (Å²) in [5.74, 6) is 0.616. The van der Waals surface area contributed by atoms with Gasteiger partial charge in [0.15, 0.2) is 0 Å². The number of nitrogens with two attached hydrogens (primary N) is 1. The third kappa shape index (κ3) is 2.65. The molecule has 0 spiro atoms. The van der Waals surface area contributed by atoms with Crippen molar-refractivity contribution in [2.45, 2.75) is 6.54 Å². The van der Waals surface area contributed by atoms with E-state index in [1.165, 1.54) is 6.07 Å². The maximum Gasteiger partial charge on any atom is 0.252 e. The number of aromatic nitrogens is 1. The van der Waals surface area contributed by atoms with Gasteiger partial charge in [0.05, 0.1) is 18.7 Å². The van der Waals surface area contributed by atoms with Crippen LogP contribution < -0.4 is 16.0 Å². The summed E-state index contributed by atoms with van der Waals surface area (Å²) >= 11 is 6.03. The van der Waals surface area contributed by atoms with Gasteiger partial charge in [-0.15, -0.1) is 0 Å². The molecule has 1 aromatic heterocycles. The maximum absolute atomic E-state index is 11.7. The standard InChI is InChI=1S/C13H13ClN2O2/c1-18-12-3-2-9(6-11(12)14)8-16-5-4-10(15)7-13(16)17/h2-7H,8,15H2,1H3. The normalized spacial score (nSPS) is 10.3. The Balaban J connectivity index is 2.29. The minimum absolute atomic E-state index is 0.137. The largest absolute Gasteiger partial charge is 0.495 e. The number of ether oxygens (including phenoxy) is 1. The van der Waals surface area contributed by atoms with Gasteiger partial charge in [-0.05, 0) is 23.8 Å². The number of halogens is 1. The fraction of sp³-hybridized carbons (Fsp3) is 0.154. The third-order valence-electron chi connectivity index (χ3n) is 2.59. The Morgan fingerprint density at radius 3 is 2.72 bits per heavy atom. The zero-order chi connectivity index (χ0) is 13.1. The Labute approximate surface area is 110 Å². The molecular formula is C13H13ClN2O2. The number of anilines is 1. The summed E-state index contributed by atoms with van der Waals surface area (Å²) < 4.78 is 6.64. The van der Waals surface area contributed by atoms with E-state index in [1.807, 2.05) is 6.07 Å². The molecule has 0 bridgehead atoms. The highest BCUT2D eigenvalue weighted by Crippen LogP contribution is 2.25. The first-order valence-electron chi connectivity index (χ1n) is 5.38. The van der Waals surface area contributed by atoms with Gasteiger partial charge in [-0.3, -0.25) is 4.79 Å². The Kier molecular flexibility index (Phi) is 3.58. The number of rotatable bonds is 3. The molecule has 0 atom stereocenters. The van der Waals surface area contributed by atoms with E-state index in [4.69, 9.17) is 22.1 Å². The number of pyridine rings is 1. The van der Waals surface area contributed by atoms with Gasteiger partial charge < -0.3 is 15.0 Å². The summed E-state index contributed by atoms with van der Waals surface area (Å²) in [5.41, 5.74) is 6.78. The average Bonchev–Trinajstić information content (AvgIpc) is 2.33. The van der Waals surface area contributed by atoms with Crippen molar-refractivity contribution >= 4 is 17.3 Å². The van der Waals surface area contributed by atoms with Gasteiger partial charge in [0.2, 0.25) is 0 Å². The van der Waals surface area contributed by atoms with Gasteiger partial charge in [-0.25, -0.2) is 0 Å². The van der Waals surface area contributed by atoms with Crippen LogP contribution in [0.1, 0.15) is 5.56 Å². The molecule has 0 aliphatic carbocycles. The van der Waals surface area contributed by atoms with Gasteiger partial charge in [-0.2, -0.15) is 0 Å². The average molecular weight is 265 g/mol. The summed E-state index contributed by atoms with van der Waals surface area (Å²) in [6, 6.07) is 8.51. The molecule has 1 heterocycles. The molecule has 5 heteroatoms. The number of hydrogen-bond donors (Lipinski definition) is 1. The first kappa shape index (κ1) is 12.5. The van der Waals surface area contributed by atoms with Crippen molar-refractivity contribution in [2.24, 2.45) is 0 Å². The predicted molar refractivity (Wildman–Crippen MR) is 72.2 cm³/mol. The summed E-state index contributed by atoms with van der Waals surface area (Å²) in [4.78, 5) is 11.7. The smallest absolute Gasteiger partial charge is 0.252 e. The summed E-state index contributed by atoms with van der Waals surface area (Å²) in [6.07, 6.45) is 1.66. The van der Waals surface area contributed by atoms with Crippen LogP contribution in [0, 0.1) is 0 Å². The summed E-state index contributed by atoms with van der Waals surface area (Å²) in [7, 11) is 1.56. The Morgan fingerprint density at radius 1 is 1.33 bits per heavy atom. The Hall–Kier alpha value is -1.94. The van der Waals surface area contributed by atoms with Crippen LogP contribution in [0.4, 0.5) is 5.69 Å². The monoisotopic (exact) mass is 264 g/mol. The van der Waals surface area contributed by atoms with Crippen molar-refractivity contribution in [3.05, 3.63) is 57.5 Å². The SMILES string of the molecule is COc1ccc(Cn2ccc(N)cc2=O)cc1Cl. The van der Waals surface area contributed by atoms with E-state index in [1.54, 1.807) is 36.1 Å². The van der Waals surface area contributed by atoms with Gasteiger partial charge in [-0.1, -0.05) is 17.7 Å². The molecule has 94 valence electrons. The first-order valence-corrected chi connectivity index (χ1v) is 5.76. The fourth-order valence-corrected chi connectivity index (χ4v) is 1.94. The quantitative estimate of drug-likeness (QED) is 0.924. The minimum Gasteiger partial charge on any atom is -0.495 e. The first-order chi connectivity index (χ1) is 8.60. The minimum atomic E-state index is -0.137. The fourth-order valence-electron chi connectivity index (χ4n) is 1.66. The lowest BCUT2D eigenvalue weighted by molar-refractivity contribution is 0.415. The van der Waals surface area contributed by atoms with E-state index >= 15 is 0 Å².